The maximum Gasteiger partial charge on any atom is 0.123 e. The molecular formula is C16H25BrFN. The molecule has 0 aromatic heterocycles. The molecule has 108 valence electrons. The third-order valence-corrected chi connectivity index (χ3v) is 3.97. The second-order valence-electron chi connectivity index (χ2n) is 5.50. The highest BCUT2D eigenvalue weighted by Gasteiger charge is 2.14. The van der Waals surface area contributed by atoms with E-state index in [9.17, 15) is 4.39 Å². The van der Waals surface area contributed by atoms with Crippen LogP contribution in [0.5, 0.6) is 0 Å². The fraction of sp³-hybridized carbons (Fsp3) is 0.625. The van der Waals surface area contributed by atoms with Crippen LogP contribution in [0.1, 0.15) is 58.1 Å². The van der Waals surface area contributed by atoms with Gasteiger partial charge in [0.15, 0.2) is 0 Å². The largest absolute Gasteiger partial charge is 0.310 e. The Kier molecular flexibility index (Phi) is 7.62. The minimum absolute atomic E-state index is 0.162. The topological polar surface area (TPSA) is 12.0 Å². The third kappa shape index (κ3) is 6.05. The molecule has 0 saturated heterocycles. The summed E-state index contributed by atoms with van der Waals surface area (Å²) >= 11 is 3.54. The minimum atomic E-state index is -0.162. The lowest BCUT2D eigenvalue weighted by molar-refractivity contribution is 0.445. The first-order valence-electron chi connectivity index (χ1n) is 7.23. The summed E-state index contributed by atoms with van der Waals surface area (Å²) in [4.78, 5) is 0. The summed E-state index contributed by atoms with van der Waals surface area (Å²) in [5, 5.41) is 3.53. The van der Waals surface area contributed by atoms with E-state index < -0.39 is 0 Å². The molecule has 0 radical (unpaired) electrons. The number of nitrogens with one attached hydrogen (secondary N) is 1. The highest BCUT2D eigenvalue weighted by Crippen LogP contribution is 2.28. The van der Waals surface area contributed by atoms with Gasteiger partial charge in [0.05, 0.1) is 0 Å². The second kappa shape index (κ2) is 8.70. The van der Waals surface area contributed by atoms with Crippen molar-refractivity contribution in [2.45, 2.75) is 52.5 Å². The van der Waals surface area contributed by atoms with E-state index in [0.29, 0.717) is 0 Å². The van der Waals surface area contributed by atoms with E-state index >= 15 is 0 Å². The normalized spacial score (nSPS) is 12.9. The standard InChI is InChI=1S/C16H25BrFN/c1-4-10-19-16(7-5-6-12(2)3)14-11-13(18)8-9-15(14)17/h8-9,11-12,16,19H,4-7,10H2,1-3H3. The molecule has 0 aliphatic rings. The number of rotatable bonds is 8. The van der Waals surface area contributed by atoms with E-state index in [1.807, 2.05) is 0 Å². The van der Waals surface area contributed by atoms with Gasteiger partial charge >= 0.3 is 0 Å². The van der Waals surface area contributed by atoms with Gasteiger partial charge in [-0.3, -0.25) is 0 Å². The predicted octanol–water partition coefficient (Wildman–Crippen LogP) is 5.46. The molecule has 1 N–H and O–H groups in total. The molecule has 0 aliphatic carbocycles. The lowest BCUT2D eigenvalue weighted by Gasteiger charge is -2.21. The van der Waals surface area contributed by atoms with Crippen LogP contribution in [0.2, 0.25) is 0 Å². The molecule has 1 nitrogen and oxygen atoms in total. The Balaban J connectivity index is 2.73. The molecule has 0 amide bonds. The summed E-state index contributed by atoms with van der Waals surface area (Å²) in [5.41, 5.74) is 1.04. The number of hydrogen-bond acceptors (Lipinski definition) is 1. The molecular weight excluding hydrogens is 305 g/mol. The SMILES string of the molecule is CCCNC(CCCC(C)C)c1cc(F)ccc1Br. The molecule has 19 heavy (non-hydrogen) atoms. The van der Waals surface area contributed by atoms with Crippen molar-refractivity contribution in [2.24, 2.45) is 5.92 Å². The van der Waals surface area contributed by atoms with Crippen LogP contribution in [0.3, 0.4) is 0 Å². The Hall–Kier alpha value is -0.410. The van der Waals surface area contributed by atoms with Crippen molar-refractivity contribution in [3.8, 4) is 0 Å². The van der Waals surface area contributed by atoms with E-state index in [0.717, 1.165) is 35.3 Å². The molecule has 3 heteroatoms. The Bertz CT molecular complexity index is 379. The third-order valence-electron chi connectivity index (χ3n) is 3.25. The zero-order valence-corrected chi connectivity index (χ0v) is 13.8. The number of halogens is 2. The number of benzene rings is 1. The lowest BCUT2D eigenvalue weighted by atomic mass is 9.98. The van der Waals surface area contributed by atoms with Gasteiger partial charge in [0, 0.05) is 10.5 Å². The van der Waals surface area contributed by atoms with Gasteiger partial charge in [-0.05, 0) is 49.1 Å². The minimum Gasteiger partial charge on any atom is -0.310 e. The first-order valence-corrected chi connectivity index (χ1v) is 8.02. The van der Waals surface area contributed by atoms with Crippen molar-refractivity contribution < 1.29 is 4.39 Å². The van der Waals surface area contributed by atoms with E-state index in [1.165, 1.54) is 18.9 Å². The highest BCUT2D eigenvalue weighted by atomic mass is 79.9. The van der Waals surface area contributed by atoms with Crippen molar-refractivity contribution in [3.05, 3.63) is 34.1 Å². The van der Waals surface area contributed by atoms with Crippen LogP contribution in [-0.4, -0.2) is 6.54 Å². The van der Waals surface area contributed by atoms with Gasteiger partial charge in [0.25, 0.3) is 0 Å². The van der Waals surface area contributed by atoms with Crippen molar-refractivity contribution in [1.82, 2.24) is 5.32 Å². The van der Waals surface area contributed by atoms with Crippen LogP contribution in [0.4, 0.5) is 4.39 Å². The van der Waals surface area contributed by atoms with Gasteiger partial charge in [-0.1, -0.05) is 49.5 Å². The van der Waals surface area contributed by atoms with Gasteiger partial charge in [-0.25, -0.2) is 4.39 Å². The van der Waals surface area contributed by atoms with Gasteiger partial charge < -0.3 is 5.32 Å². The first-order chi connectivity index (χ1) is 9.04. The van der Waals surface area contributed by atoms with E-state index in [1.54, 1.807) is 12.1 Å². The Morgan fingerprint density at radius 3 is 2.63 bits per heavy atom. The monoisotopic (exact) mass is 329 g/mol. The first kappa shape index (κ1) is 16.6. The number of hydrogen-bond donors (Lipinski definition) is 1. The maximum atomic E-state index is 13.4. The van der Waals surface area contributed by atoms with Crippen molar-refractivity contribution in [2.75, 3.05) is 6.54 Å². The van der Waals surface area contributed by atoms with Gasteiger partial charge in [0.2, 0.25) is 0 Å². The van der Waals surface area contributed by atoms with Gasteiger partial charge in [0.1, 0.15) is 5.82 Å². The van der Waals surface area contributed by atoms with Gasteiger partial charge in [-0.2, -0.15) is 0 Å². The average molecular weight is 330 g/mol. The predicted molar refractivity (Wildman–Crippen MR) is 83.8 cm³/mol. The molecule has 0 saturated carbocycles. The summed E-state index contributed by atoms with van der Waals surface area (Å²) in [6, 6.07) is 5.18. The maximum absolute atomic E-state index is 13.4. The smallest absolute Gasteiger partial charge is 0.123 e. The van der Waals surface area contributed by atoms with Crippen LogP contribution in [-0.2, 0) is 0 Å². The van der Waals surface area contributed by atoms with Crippen molar-refractivity contribution in [3.63, 3.8) is 0 Å². The fourth-order valence-corrected chi connectivity index (χ4v) is 2.72. The summed E-state index contributed by atoms with van der Waals surface area (Å²) < 4.78 is 14.4. The summed E-state index contributed by atoms with van der Waals surface area (Å²) in [6.45, 7) is 7.60. The molecule has 1 aromatic rings. The second-order valence-corrected chi connectivity index (χ2v) is 6.35. The molecule has 1 rings (SSSR count). The van der Waals surface area contributed by atoms with Crippen LogP contribution >= 0.6 is 15.9 Å². The van der Waals surface area contributed by atoms with E-state index in [2.05, 4.69) is 42.0 Å². The summed E-state index contributed by atoms with van der Waals surface area (Å²) in [6.07, 6.45) is 4.53. The van der Waals surface area contributed by atoms with Crippen molar-refractivity contribution in [1.29, 1.82) is 0 Å². The van der Waals surface area contributed by atoms with E-state index in [-0.39, 0.29) is 11.9 Å². The lowest BCUT2D eigenvalue weighted by Crippen LogP contribution is -2.22. The molecule has 1 aromatic carbocycles. The van der Waals surface area contributed by atoms with Crippen LogP contribution < -0.4 is 5.32 Å². The summed E-state index contributed by atoms with van der Waals surface area (Å²) in [5.74, 6) is 0.563. The molecule has 0 aliphatic heterocycles. The van der Waals surface area contributed by atoms with Crippen LogP contribution in [0, 0.1) is 11.7 Å². The van der Waals surface area contributed by atoms with Crippen LogP contribution in [0.25, 0.3) is 0 Å². The zero-order chi connectivity index (χ0) is 14.3. The molecule has 1 atom stereocenters. The molecule has 1 unspecified atom stereocenters. The average Bonchev–Trinajstić information content (AvgIpc) is 2.36. The molecule has 0 bridgehead atoms. The molecule has 0 heterocycles. The summed E-state index contributed by atoms with van der Waals surface area (Å²) in [7, 11) is 0. The molecule has 0 fully saturated rings. The Labute approximate surface area is 125 Å². The van der Waals surface area contributed by atoms with Crippen molar-refractivity contribution >= 4 is 15.9 Å². The molecule has 0 spiro atoms. The van der Waals surface area contributed by atoms with Crippen LogP contribution in [0.15, 0.2) is 22.7 Å². The quantitative estimate of drug-likeness (QED) is 0.668. The Morgan fingerprint density at radius 2 is 2.00 bits per heavy atom. The zero-order valence-electron chi connectivity index (χ0n) is 12.2. The van der Waals surface area contributed by atoms with Gasteiger partial charge in [-0.15, -0.1) is 0 Å². The highest BCUT2D eigenvalue weighted by molar-refractivity contribution is 9.10. The fourth-order valence-electron chi connectivity index (χ4n) is 2.20. The van der Waals surface area contributed by atoms with E-state index in [4.69, 9.17) is 0 Å². The Morgan fingerprint density at radius 1 is 1.26 bits per heavy atom.